The minimum atomic E-state index is 0. The number of aryl methyl sites for hydroxylation is 2. The summed E-state index contributed by atoms with van der Waals surface area (Å²) in [5.74, 6) is 0.191. The first-order valence-electron chi connectivity index (χ1n) is 7.96. The van der Waals surface area contributed by atoms with Gasteiger partial charge in [-0.1, -0.05) is 17.7 Å². The van der Waals surface area contributed by atoms with Crippen molar-refractivity contribution >= 4 is 18.3 Å². The van der Waals surface area contributed by atoms with Crippen LogP contribution < -0.4 is 5.32 Å². The number of nitrogens with one attached hydrogen (secondary N) is 1. The molecule has 0 radical (unpaired) electrons. The summed E-state index contributed by atoms with van der Waals surface area (Å²) in [6.07, 6.45) is 1.24. The molecule has 0 bridgehead atoms. The second-order valence-electron chi connectivity index (χ2n) is 6.29. The Morgan fingerprint density at radius 3 is 2.50 bits per heavy atom. The van der Waals surface area contributed by atoms with Gasteiger partial charge in [0.25, 0.3) is 5.91 Å². The predicted octanol–water partition coefficient (Wildman–Crippen LogP) is 1.84. The molecule has 2 saturated heterocycles. The molecule has 2 aliphatic heterocycles. The van der Waals surface area contributed by atoms with Crippen molar-refractivity contribution in [3.8, 4) is 0 Å². The fourth-order valence-electron chi connectivity index (χ4n) is 3.47. The number of hydrogen-bond acceptors (Lipinski definition) is 3. The Balaban J connectivity index is 0.00000176. The Bertz CT molecular complexity index is 521. The lowest BCUT2D eigenvalue weighted by atomic mass is 10.0. The van der Waals surface area contributed by atoms with Crippen LogP contribution in [-0.4, -0.2) is 61.0 Å². The molecule has 0 aromatic heterocycles. The van der Waals surface area contributed by atoms with E-state index in [9.17, 15) is 4.79 Å². The van der Waals surface area contributed by atoms with Crippen molar-refractivity contribution in [2.24, 2.45) is 0 Å². The second kappa shape index (κ2) is 7.44. The van der Waals surface area contributed by atoms with Gasteiger partial charge in [0.2, 0.25) is 0 Å². The van der Waals surface area contributed by atoms with Crippen LogP contribution in [0, 0.1) is 13.8 Å². The highest BCUT2D eigenvalue weighted by molar-refractivity contribution is 5.95. The lowest BCUT2D eigenvalue weighted by Crippen LogP contribution is -2.52. The van der Waals surface area contributed by atoms with Crippen molar-refractivity contribution in [3.63, 3.8) is 0 Å². The van der Waals surface area contributed by atoms with Gasteiger partial charge in [0, 0.05) is 44.3 Å². The van der Waals surface area contributed by atoms with Gasteiger partial charge in [-0.15, -0.1) is 12.4 Å². The van der Waals surface area contributed by atoms with E-state index in [2.05, 4.69) is 23.2 Å². The Kier molecular flexibility index (Phi) is 5.84. The Hall–Kier alpha value is -1.10. The number of carbonyl (C=O) groups is 1. The maximum atomic E-state index is 12.7. The lowest BCUT2D eigenvalue weighted by molar-refractivity contribution is 0.0583. The van der Waals surface area contributed by atoms with Gasteiger partial charge in [-0.05, 0) is 38.4 Å². The van der Waals surface area contributed by atoms with Gasteiger partial charge >= 0.3 is 0 Å². The quantitative estimate of drug-likeness (QED) is 0.902. The highest BCUT2D eigenvalue weighted by Crippen LogP contribution is 2.17. The van der Waals surface area contributed by atoms with Crippen molar-refractivity contribution in [3.05, 3.63) is 34.9 Å². The molecule has 2 heterocycles. The van der Waals surface area contributed by atoms with Crippen LogP contribution in [0.3, 0.4) is 0 Å². The van der Waals surface area contributed by atoms with Crippen LogP contribution >= 0.6 is 12.4 Å². The van der Waals surface area contributed by atoms with Gasteiger partial charge in [-0.2, -0.15) is 0 Å². The Labute approximate surface area is 139 Å². The molecule has 22 heavy (non-hydrogen) atoms. The number of nitrogens with zero attached hydrogens (tertiary/aromatic N) is 2. The van der Waals surface area contributed by atoms with Gasteiger partial charge in [-0.25, -0.2) is 0 Å². The first-order valence-corrected chi connectivity index (χ1v) is 7.96. The van der Waals surface area contributed by atoms with E-state index in [1.54, 1.807) is 0 Å². The summed E-state index contributed by atoms with van der Waals surface area (Å²) < 4.78 is 0. The minimum absolute atomic E-state index is 0. The van der Waals surface area contributed by atoms with Crippen LogP contribution in [0.4, 0.5) is 0 Å². The Morgan fingerprint density at radius 1 is 1.18 bits per heavy atom. The van der Waals surface area contributed by atoms with Gasteiger partial charge in [0.1, 0.15) is 0 Å². The van der Waals surface area contributed by atoms with Crippen LogP contribution in [0.1, 0.15) is 27.9 Å². The topological polar surface area (TPSA) is 35.6 Å². The van der Waals surface area contributed by atoms with Gasteiger partial charge in [-0.3, -0.25) is 9.69 Å². The third-order valence-corrected chi connectivity index (χ3v) is 4.76. The lowest BCUT2D eigenvalue weighted by Gasteiger charge is -2.38. The first kappa shape index (κ1) is 17.3. The van der Waals surface area contributed by atoms with Crippen molar-refractivity contribution in [1.29, 1.82) is 0 Å². The molecule has 1 N–H and O–H groups in total. The molecule has 0 spiro atoms. The molecule has 4 nitrogen and oxygen atoms in total. The van der Waals surface area contributed by atoms with Gasteiger partial charge in [0.15, 0.2) is 0 Å². The Morgan fingerprint density at radius 2 is 1.91 bits per heavy atom. The van der Waals surface area contributed by atoms with Crippen molar-refractivity contribution in [1.82, 2.24) is 15.1 Å². The zero-order valence-corrected chi connectivity index (χ0v) is 14.3. The maximum absolute atomic E-state index is 12.7. The van der Waals surface area contributed by atoms with E-state index in [1.807, 2.05) is 24.0 Å². The molecule has 5 heteroatoms. The normalized spacial score (nSPS) is 22.5. The van der Waals surface area contributed by atoms with Crippen molar-refractivity contribution in [2.75, 3.05) is 39.3 Å². The van der Waals surface area contributed by atoms with E-state index in [-0.39, 0.29) is 18.3 Å². The summed E-state index contributed by atoms with van der Waals surface area (Å²) in [5.41, 5.74) is 3.15. The molecule has 1 unspecified atom stereocenters. The second-order valence-corrected chi connectivity index (χ2v) is 6.29. The third kappa shape index (κ3) is 3.62. The molecule has 2 fully saturated rings. The van der Waals surface area contributed by atoms with Gasteiger partial charge < -0.3 is 10.2 Å². The molecule has 1 amide bonds. The van der Waals surface area contributed by atoms with E-state index in [0.717, 1.165) is 50.4 Å². The standard InChI is InChI=1S/C17H25N3O.ClH/c1-13-3-4-16(14(2)11-13)17(21)20-9-7-19(8-10-20)15-5-6-18-12-15;/h3-4,11,15,18H,5-10,12H2,1-2H3;1H. The predicted molar refractivity (Wildman–Crippen MR) is 91.9 cm³/mol. The van der Waals surface area contributed by atoms with Crippen LogP contribution in [0.25, 0.3) is 0 Å². The summed E-state index contributed by atoms with van der Waals surface area (Å²) in [6, 6.07) is 6.76. The van der Waals surface area contributed by atoms with E-state index in [1.165, 1.54) is 12.0 Å². The number of benzene rings is 1. The molecular weight excluding hydrogens is 298 g/mol. The van der Waals surface area contributed by atoms with Crippen molar-refractivity contribution < 1.29 is 4.79 Å². The largest absolute Gasteiger partial charge is 0.336 e. The first-order chi connectivity index (χ1) is 10.1. The third-order valence-electron chi connectivity index (χ3n) is 4.76. The molecule has 0 aliphatic carbocycles. The fourth-order valence-corrected chi connectivity index (χ4v) is 3.47. The summed E-state index contributed by atoms with van der Waals surface area (Å²) in [5, 5.41) is 3.42. The summed E-state index contributed by atoms with van der Waals surface area (Å²) in [4.78, 5) is 17.2. The molecule has 122 valence electrons. The SMILES string of the molecule is Cc1ccc(C(=O)N2CCN(C3CCNC3)CC2)c(C)c1.Cl. The molecule has 0 saturated carbocycles. The monoisotopic (exact) mass is 323 g/mol. The maximum Gasteiger partial charge on any atom is 0.254 e. The number of piperazine rings is 1. The summed E-state index contributed by atoms with van der Waals surface area (Å²) >= 11 is 0. The molecule has 2 aliphatic rings. The highest BCUT2D eigenvalue weighted by atomic mass is 35.5. The molecule has 1 aromatic rings. The zero-order chi connectivity index (χ0) is 14.8. The zero-order valence-electron chi connectivity index (χ0n) is 13.5. The summed E-state index contributed by atoms with van der Waals surface area (Å²) in [7, 11) is 0. The van der Waals surface area contributed by atoms with Crippen LogP contribution in [-0.2, 0) is 0 Å². The van der Waals surface area contributed by atoms with Crippen LogP contribution in [0.15, 0.2) is 18.2 Å². The molecule has 1 aromatic carbocycles. The highest BCUT2D eigenvalue weighted by Gasteiger charge is 2.28. The number of hydrogen-bond donors (Lipinski definition) is 1. The van der Waals surface area contributed by atoms with Gasteiger partial charge in [0.05, 0.1) is 0 Å². The number of halogens is 1. The van der Waals surface area contributed by atoms with Crippen LogP contribution in [0.5, 0.6) is 0 Å². The minimum Gasteiger partial charge on any atom is -0.336 e. The van der Waals surface area contributed by atoms with Crippen LogP contribution in [0.2, 0.25) is 0 Å². The number of rotatable bonds is 2. The average Bonchev–Trinajstić information content (AvgIpc) is 3.01. The molecule has 3 rings (SSSR count). The van der Waals surface area contributed by atoms with E-state index in [4.69, 9.17) is 0 Å². The smallest absolute Gasteiger partial charge is 0.254 e. The van der Waals surface area contributed by atoms with Crippen molar-refractivity contribution in [2.45, 2.75) is 26.3 Å². The average molecular weight is 324 g/mol. The molecule has 1 atom stereocenters. The van der Waals surface area contributed by atoms with E-state index >= 15 is 0 Å². The summed E-state index contributed by atoms with van der Waals surface area (Å²) in [6.45, 7) is 10.0. The fraction of sp³-hybridized carbons (Fsp3) is 0.588. The number of carbonyl (C=O) groups excluding carboxylic acids is 1. The van der Waals surface area contributed by atoms with E-state index in [0.29, 0.717) is 6.04 Å². The molecular formula is C17H26ClN3O. The van der Waals surface area contributed by atoms with E-state index < -0.39 is 0 Å². The number of amides is 1.